The molecule has 41 heavy (non-hydrogen) atoms. The summed E-state index contributed by atoms with van der Waals surface area (Å²) < 4.78 is 0. The normalized spacial score (nSPS) is 18.4. The van der Waals surface area contributed by atoms with Gasteiger partial charge in [-0.15, -0.1) is 0 Å². The number of amides is 4. The second-order valence-electron chi connectivity index (χ2n) is 10.8. The summed E-state index contributed by atoms with van der Waals surface area (Å²) >= 11 is 0. The molecule has 2 aliphatic heterocycles. The summed E-state index contributed by atoms with van der Waals surface area (Å²) in [6.07, 6.45) is 4.17. The number of nitrogens with zero attached hydrogens (tertiary/aromatic N) is 3. The van der Waals surface area contributed by atoms with E-state index in [4.69, 9.17) is 0 Å². The zero-order valence-electron chi connectivity index (χ0n) is 23.5. The standard InChI is InChI=1S/C31H36N6O4/c1-20(38)36-15-3-5-26(36)17-30(40)32-24-11-7-22(8-12-24)28-19-29(35-34-28)23-9-13-25(14-10-23)33-31(41)18-27-6-4-16-37(27)21(2)39/h7-14,19,26-27H,3-6,15-18H2,1-2H3,(H,32,40)(H,33,41)(H,34,35)/t26-,27-/m0/s1. The van der Waals surface area contributed by atoms with E-state index in [1.165, 1.54) is 0 Å². The van der Waals surface area contributed by atoms with Gasteiger partial charge in [-0.25, -0.2) is 0 Å². The van der Waals surface area contributed by atoms with E-state index in [-0.39, 0.29) is 35.7 Å². The lowest BCUT2D eigenvalue weighted by atomic mass is 10.1. The molecule has 3 N–H and O–H groups in total. The molecule has 0 radical (unpaired) electrons. The van der Waals surface area contributed by atoms with Crippen molar-refractivity contribution in [3.63, 3.8) is 0 Å². The second kappa shape index (κ2) is 12.4. The lowest BCUT2D eigenvalue weighted by Crippen LogP contribution is -2.36. The van der Waals surface area contributed by atoms with Gasteiger partial charge < -0.3 is 20.4 Å². The molecule has 0 aliphatic carbocycles. The average molecular weight is 557 g/mol. The Bertz CT molecular complexity index is 1310. The molecule has 214 valence electrons. The van der Waals surface area contributed by atoms with E-state index in [9.17, 15) is 19.2 Å². The Morgan fingerprint density at radius 1 is 0.756 bits per heavy atom. The van der Waals surface area contributed by atoms with Crippen molar-refractivity contribution in [3.05, 3.63) is 54.6 Å². The topological polar surface area (TPSA) is 127 Å². The number of aromatic nitrogens is 2. The fourth-order valence-corrected chi connectivity index (χ4v) is 5.85. The van der Waals surface area contributed by atoms with Crippen LogP contribution in [0.15, 0.2) is 54.6 Å². The maximum absolute atomic E-state index is 12.5. The molecule has 2 atom stereocenters. The number of H-pyrrole nitrogens is 1. The van der Waals surface area contributed by atoms with Crippen LogP contribution in [-0.4, -0.2) is 68.8 Å². The van der Waals surface area contributed by atoms with Gasteiger partial charge in [0.15, 0.2) is 0 Å². The van der Waals surface area contributed by atoms with Gasteiger partial charge in [0, 0.05) is 68.8 Å². The quantitative estimate of drug-likeness (QED) is 0.378. The van der Waals surface area contributed by atoms with Crippen LogP contribution in [0.5, 0.6) is 0 Å². The van der Waals surface area contributed by atoms with Crippen molar-refractivity contribution in [2.75, 3.05) is 23.7 Å². The Balaban J connectivity index is 1.14. The molecule has 5 rings (SSSR count). The zero-order valence-corrected chi connectivity index (χ0v) is 23.5. The van der Waals surface area contributed by atoms with Crippen molar-refractivity contribution >= 4 is 35.0 Å². The summed E-state index contributed by atoms with van der Waals surface area (Å²) in [7, 11) is 0. The van der Waals surface area contributed by atoms with Crippen LogP contribution in [0.25, 0.3) is 22.5 Å². The van der Waals surface area contributed by atoms with Crippen LogP contribution in [0.2, 0.25) is 0 Å². The van der Waals surface area contributed by atoms with E-state index in [0.29, 0.717) is 24.2 Å². The fourth-order valence-electron chi connectivity index (χ4n) is 5.85. The molecular weight excluding hydrogens is 520 g/mol. The molecule has 2 fully saturated rings. The van der Waals surface area contributed by atoms with Crippen LogP contribution in [0, 0.1) is 0 Å². The molecule has 2 aromatic carbocycles. The highest BCUT2D eigenvalue weighted by atomic mass is 16.2. The number of likely N-dealkylation sites (tertiary alicyclic amines) is 2. The second-order valence-corrected chi connectivity index (χ2v) is 10.8. The highest BCUT2D eigenvalue weighted by Crippen LogP contribution is 2.27. The minimum absolute atomic E-state index is 0.0172. The van der Waals surface area contributed by atoms with Crippen LogP contribution in [0.4, 0.5) is 11.4 Å². The largest absolute Gasteiger partial charge is 0.339 e. The first kappa shape index (κ1) is 28.1. The Labute approximate surface area is 239 Å². The van der Waals surface area contributed by atoms with E-state index in [0.717, 1.165) is 61.3 Å². The van der Waals surface area contributed by atoms with Gasteiger partial charge in [-0.1, -0.05) is 24.3 Å². The van der Waals surface area contributed by atoms with Crippen molar-refractivity contribution in [1.29, 1.82) is 0 Å². The van der Waals surface area contributed by atoms with E-state index >= 15 is 0 Å². The molecule has 0 bridgehead atoms. The summed E-state index contributed by atoms with van der Waals surface area (Å²) in [6.45, 7) is 4.54. The number of rotatable bonds is 8. The molecule has 10 heteroatoms. The first-order chi connectivity index (χ1) is 19.8. The van der Waals surface area contributed by atoms with Gasteiger partial charge in [-0.05, 0) is 61.6 Å². The van der Waals surface area contributed by atoms with Gasteiger partial charge in [-0.3, -0.25) is 24.3 Å². The summed E-state index contributed by atoms with van der Waals surface area (Å²) in [5, 5.41) is 13.4. The molecule has 4 amide bonds. The lowest BCUT2D eigenvalue weighted by molar-refractivity contribution is -0.131. The number of carbonyl (C=O) groups excluding carboxylic acids is 4. The number of benzene rings is 2. The molecule has 2 aliphatic rings. The van der Waals surface area contributed by atoms with Gasteiger partial charge >= 0.3 is 0 Å². The first-order valence-electron chi connectivity index (χ1n) is 14.2. The average Bonchev–Trinajstić information content (AvgIpc) is 3.71. The number of hydrogen-bond donors (Lipinski definition) is 3. The maximum Gasteiger partial charge on any atom is 0.226 e. The Hall–Kier alpha value is -4.47. The van der Waals surface area contributed by atoms with Crippen LogP contribution in [0.1, 0.15) is 52.4 Å². The van der Waals surface area contributed by atoms with Crippen molar-refractivity contribution in [3.8, 4) is 22.5 Å². The van der Waals surface area contributed by atoms with Gasteiger partial charge in [-0.2, -0.15) is 5.10 Å². The molecule has 0 unspecified atom stereocenters. The minimum atomic E-state index is -0.103. The Morgan fingerprint density at radius 2 is 1.22 bits per heavy atom. The summed E-state index contributed by atoms with van der Waals surface area (Å²) in [5.74, 6) is -0.169. The van der Waals surface area contributed by atoms with Crippen LogP contribution < -0.4 is 10.6 Å². The summed E-state index contributed by atoms with van der Waals surface area (Å²) in [5.41, 5.74) is 4.83. The third-order valence-electron chi connectivity index (χ3n) is 7.93. The summed E-state index contributed by atoms with van der Waals surface area (Å²) in [6, 6.07) is 16.9. The zero-order chi connectivity index (χ0) is 28.9. The number of carbonyl (C=O) groups is 4. The molecular formula is C31H36N6O4. The van der Waals surface area contributed by atoms with Crippen molar-refractivity contribution in [2.24, 2.45) is 0 Å². The summed E-state index contributed by atoms with van der Waals surface area (Å²) in [4.78, 5) is 52.2. The number of hydrogen-bond acceptors (Lipinski definition) is 5. The highest BCUT2D eigenvalue weighted by Gasteiger charge is 2.29. The van der Waals surface area contributed by atoms with Gasteiger partial charge in [0.1, 0.15) is 0 Å². The van der Waals surface area contributed by atoms with E-state index in [1.54, 1.807) is 23.6 Å². The predicted octanol–water partition coefficient (Wildman–Crippen LogP) is 4.42. The van der Waals surface area contributed by atoms with Crippen molar-refractivity contribution in [1.82, 2.24) is 20.0 Å². The molecule has 3 aromatic rings. The van der Waals surface area contributed by atoms with E-state index in [1.807, 2.05) is 54.6 Å². The molecule has 3 heterocycles. The van der Waals surface area contributed by atoms with Crippen molar-refractivity contribution < 1.29 is 19.2 Å². The SMILES string of the molecule is CC(=O)N1CCC[C@H]1CC(=O)Nc1ccc(-c2cc(-c3ccc(NC(=O)C[C@@H]4CCCN4C(C)=O)cc3)[nH]n2)cc1. The smallest absolute Gasteiger partial charge is 0.226 e. The lowest BCUT2D eigenvalue weighted by Gasteiger charge is -2.22. The number of aromatic amines is 1. The molecule has 0 spiro atoms. The molecule has 0 saturated carbocycles. The first-order valence-corrected chi connectivity index (χ1v) is 14.2. The number of anilines is 2. The fraction of sp³-hybridized carbons (Fsp3) is 0.387. The van der Waals surface area contributed by atoms with Crippen LogP contribution >= 0.6 is 0 Å². The minimum Gasteiger partial charge on any atom is -0.339 e. The number of nitrogens with one attached hydrogen (secondary N) is 3. The third kappa shape index (κ3) is 6.82. The Morgan fingerprint density at radius 3 is 1.68 bits per heavy atom. The van der Waals surface area contributed by atoms with Gasteiger partial charge in [0.25, 0.3) is 0 Å². The van der Waals surface area contributed by atoms with Gasteiger partial charge in [0.2, 0.25) is 23.6 Å². The van der Waals surface area contributed by atoms with Crippen LogP contribution in [-0.2, 0) is 19.2 Å². The highest BCUT2D eigenvalue weighted by molar-refractivity contribution is 5.92. The van der Waals surface area contributed by atoms with Crippen LogP contribution in [0.3, 0.4) is 0 Å². The third-order valence-corrected chi connectivity index (χ3v) is 7.93. The predicted molar refractivity (Wildman–Crippen MR) is 157 cm³/mol. The molecule has 2 saturated heterocycles. The molecule has 10 nitrogen and oxygen atoms in total. The maximum atomic E-state index is 12.5. The Kier molecular flexibility index (Phi) is 8.47. The van der Waals surface area contributed by atoms with Gasteiger partial charge in [0.05, 0.1) is 11.4 Å². The van der Waals surface area contributed by atoms with E-state index < -0.39 is 0 Å². The monoisotopic (exact) mass is 556 g/mol. The van der Waals surface area contributed by atoms with E-state index in [2.05, 4.69) is 20.8 Å². The molecule has 1 aromatic heterocycles. The van der Waals surface area contributed by atoms with Crippen molar-refractivity contribution in [2.45, 2.75) is 64.5 Å².